The van der Waals surface area contributed by atoms with Crippen LogP contribution in [0.3, 0.4) is 0 Å². The van der Waals surface area contributed by atoms with Crippen LogP contribution in [0.1, 0.15) is 5.56 Å². The van der Waals surface area contributed by atoms with Gasteiger partial charge in [-0.1, -0.05) is 17.4 Å². The summed E-state index contributed by atoms with van der Waals surface area (Å²) in [6, 6.07) is 3.47. The summed E-state index contributed by atoms with van der Waals surface area (Å²) in [5, 5.41) is 12.8. The number of aromatic nitrogens is 1. The minimum absolute atomic E-state index is 0.122. The highest BCUT2D eigenvalue weighted by Gasteiger charge is 2.08. The first-order chi connectivity index (χ1) is 8.22. The van der Waals surface area contributed by atoms with E-state index in [4.69, 9.17) is 5.73 Å². The highest BCUT2D eigenvalue weighted by molar-refractivity contribution is 7.16. The van der Waals surface area contributed by atoms with Gasteiger partial charge in [0.25, 0.3) is 0 Å². The minimum Gasteiger partial charge on any atom is -0.506 e. The fourth-order valence-corrected chi connectivity index (χ4v) is 2.62. The number of H-pyrrole nitrogens is 1. The van der Waals surface area contributed by atoms with E-state index in [1.165, 1.54) is 0 Å². The van der Waals surface area contributed by atoms with E-state index in [9.17, 15) is 9.90 Å². The molecule has 0 spiro atoms. The van der Waals surface area contributed by atoms with Gasteiger partial charge in [0.1, 0.15) is 11.3 Å². The van der Waals surface area contributed by atoms with Gasteiger partial charge in [-0.05, 0) is 24.6 Å². The molecular weight excluding hydrogens is 238 g/mol. The fourth-order valence-electron chi connectivity index (χ4n) is 1.72. The Labute approximate surface area is 102 Å². The van der Waals surface area contributed by atoms with E-state index in [2.05, 4.69) is 10.3 Å². The molecule has 5 nitrogen and oxygen atoms in total. The predicted molar refractivity (Wildman–Crippen MR) is 69.7 cm³/mol. The number of nitrogens with one attached hydrogen (secondary N) is 2. The third-order valence-electron chi connectivity index (χ3n) is 2.53. The first-order valence-corrected chi connectivity index (χ1v) is 6.28. The number of rotatable bonds is 5. The van der Waals surface area contributed by atoms with Crippen molar-refractivity contribution in [2.24, 2.45) is 5.73 Å². The molecule has 0 unspecified atom stereocenters. The van der Waals surface area contributed by atoms with Gasteiger partial charge in [0.2, 0.25) is 0 Å². The average molecular weight is 253 g/mol. The zero-order valence-electron chi connectivity index (χ0n) is 9.32. The molecule has 0 saturated heterocycles. The molecule has 92 valence electrons. The molecule has 17 heavy (non-hydrogen) atoms. The van der Waals surface area contributed by atoms with Gasteiger partial charge in [-0.15, -0.1) is 0 Å². The molecule has 0 amide bonds. The Morgan fingerprint density at radius 2 is 2.24 bits per heavy atom. The summed E-state index contributed by atoms with van der Waals surface area (Å²) >= 11 is 1.13. The van der Waals surface area contributed by atoms with Gasteiger partial charge in [0, 0.05) is 13.1 Å². The Morgan fingerprint density at radius 1 is 1.41 bits per heavy atom. The summed E-state index contributed by atoms with van der Waals surface area (Å²) in [6.07, 6.45) is 0.810. The molecule has 0 bridgehead atoms. The van der Waals surface area contributed by atoms with Crippen LogP contribution in [0, 0.1) is 0 Å². The Bertz CT molecular complexity index is 561. The zero-order chi connectivity index (χ0) is 12.3. The van der Waals surface area contributed by atoms with Crippen molar-refractivity contribution in [1.29, 1.82) is 0 Å². The Morgan fingerprint density at radius 3 is 3.00 bits per heavy atom. The molecule has 5 N–H and O–H groups in total. The lowest BCUT2D eigenvalue weighted by molar-refractivity contribution is 0.480. The van der Waals surface area contributed by atoms with Gasteiger partial charge in [0.15, 0.2) is 0 Å². The van der Waals surface area contributed by atoms with E-state index in [0.29, 0.717) is 12.1 Å². The molecule has 2 rings (SSSR count). The van der Waals surface area contributed by atoms with Crippen molar-refractivity contribution >= 4 is 21.6 Å². The normalized spacial score (nSPS) is 11.1. The van der Waals surface area contributed by atoms with Crippen LogP contribution in [0.4, 0.5) is 0 Å². The van der Waals surface area contributed by atoms with Crippen molar-refractivity contribution in [2.45, 2.75) is 6.42 Å². The molecule has 1 aromatic heterocycles. The highest BCUT2D eigenvalue weighted by atomic mass is 32.1. The molecule has 0 atom stereocenters. The van der Waals surface area contributed by atoms with Gasteiger partial charge < -0.3 is 21.1 Å². The number of hydrogen-bond donors (Lipinski definition) is 4. The van der Waals surface area contributed by atoms with E-state index < -0.39 is 0 Å². The van der Waals surface area contributed by atoms with Crippen LogP contribution in [0.5, 0.6) is 5.75 Å². The standard InChI is InChI=1S/C11H15N3O2S/c12-4-6-13-5-3-7-1-2-8(15)9-10(7)17-11(16)14-9/h1-2,13,15H,3-6,12H2,(H,14,16). The molecule has 0 saturated carbocycles. The van der Waals surface area contributed by atoms with Gasteiger partial charge in [-0.2, -0.15) is 0 Å². The van der Waals surface area contributed by atoms with Crippen molar-refractivity contribution in [1.82, 2.24) is 10.3 Å². The summed E-state index contributed by atoms with van der Waals surface area (Å²) < 4.78 is 0.838. The number of benzene rings is 1. The first kappa shape index (κ1) is 12.1. The van der Waals surface area contributed by atoms with Crippen molar-refractivity contribution < 1.29 is 5.11 Å². The van der Waals surface area contributed by atoms with E-state index in [1.807, 2.05) is 6.07 Å². The van der Waals surface area contributed by atoms with Crippen LogP contribution in [-0.4, -0.2) is 29.7 Å². The van der Waals surface area contributed by atoms with Crippen LogP contribution in [0.2, 0.25) is 0 Å². The second-order valence-electron chi connectivity index (χ2n) is 3.75. The molecular formula is C11H15N3O2S. The maximum absolute atomic E-state index is 11.3. The fraction of sp³-hybridized carbons (Fsp3) is 0.364. The number of phenols is 1. The third kappa shape index (κ3) is 2.66. The molecule has 0 fully saturated rings. The smallest absolute Gasteiger partial charge is 0.305 e. The number of aromatic amines is 1. The van der Waals surface area contributed by atoms with Gasteiger partial charge in [0.05, 0.1) is 4.70 Å². The summed E-state index contributed by atoms with van der Waals surface area (Å²) in [5.74, 6) is 0.122. The largest absolute Gasteiger partial charge is 0.506 e. The number of nitrogens with two attached hydrogens (primary N) is 1. The quantitative estimate of drug-likeness (QED) is 0.580. The molecule has 1 heterocycles. The number of thiazole rings is 1. The Balaban J connectivity index is 2.22. The molecule has 0 aliphatic heterocycles. The lowest BCUT2D eigenvalue weighted by Crippen LogP contribution is -2.24. The lowest BCUT2D eigenvalue weighted by Gasteiger charge is -2.05. The van der Waals surface area contributed by atoms with Crippen LogP contribution < -0.4 is 15.9 Å². The van der Waals surface area contributed by atoms with Crippen LogP contribution in [0.15, 0.2) is 16.9 Å². The van der Waals surface area contributed by atoms with Crippen molar-refractivity contribution in [3.05, 3.63) is 27.4 Å². The van der Waals surface area contributed by atoms with Crippen molar-refractivity contribution in [3.63, 3.8) is 0 Å². The minimum atomic E-state index is -0.141. The number of phenolic OH excluding ortho intramolecular Hbond substituents is 1. The predicted octanol–water partition coefficient (Wildman–Crippen LogP) is 0.386. The topological polar surface area (TPSA) is 91.1 Å². The molecule has 6 heteroatoms. The Hall–Kier alpha value is -1.37. The van der Waals surface area contributed by atoms with E-state index >= 15 is 0 Å². The molecule has 1 aromatic carbocycles. The third-order valence-corrected chi connectivity index (χ3v) is 3.49. The second kappa shape index (κ2) is 5.31. The van der Waals surface area contributed by atoms with Gasteiger partial charge in [-0.25, -0.2) is 0 Å². The SMILES string of the molecule is NCCNCCc1ccc(O)c2[nH]c(=O)sc12. The number of hydrogen-bond acceptors (Lipinski definition) is 5. The number of fused-ring (bicyclic) bond motifs is 1. The molecule has 0 aliphatic rings. The van der Waals surface area contributed by atoms with Crippen LogP contribution in [0.25, 0.3) is 10.2 Å². The average Bonchev–Trinajstić information content (AvgIpc) is 2.70. The summed E-state index contributed by atoms with van der Waals surface area (Å²) in [6.45, 7) is 2.20. The number of aromatic hydroxyl groups is 1. The summed E-state index contributed by atoms with van der Waals surface area (Å²) in [5.41, 5.74) is 6.98. The summed E-state index contributed by atoms with van der Waals surface area (Å²) in [7, 11) is 0. The summed E-state index contributed by atoms with van der Waals surface area (Å²) in [4.78, 5) is 13.8. The van der Waals surface area contributed by atoms with Crippen LogP contribution in [-0.2, 0) is 6.42 Å². The van der Waals surface area contributed by atoms with Crippen LogP contribution >= 0.6 is 11.3 Å². The van der Waals surface area contributed by atoms with Gasteiger partial charge in [-0.3, -0.25) is 4.79 Å². The van der Waals surface area contributed by atoms with E-state index in [1.54, 1.807) is 6.07 Å². The van der Waals surface area contributed by atoms with Gasteiger partial charge >= 0.3 is 4.87 Å². The molecule has 2 aromatic rings. The monoisotopic (exact) mass is 253 g/mol. The molecule has 0 radical (unpaired) electrons. The van der Waals surface area contributed by atoms with Crippen molar-refractivity contribution in [3.8, 4) is 5.75 Å². The highest BCUT2D eigenvalue weighted by Crippen LogP contribution is 2.27. The maximum atomic E-state index is 11.3. The zero-order valence-corrected chi connectivity index (χ0v) is 10.1. The van der Waals surface area contributed by atoms with E-state index in [-0.39, 0.29) is 10.6 Å². The second-order valence-corrected chi connectivity index (χ2v) is 4.73. The van der Waals surface area contributed by atoms with E-state index in [0.717, 1.165) is 41.1 Å². The first-order valence-electron chi connectivity index (χ1n) is 5.47. The molecule has 0 aliphatic carbocycles. The lowest BCUT2D eigenvalue weighted by atomic mass is 10.1. The van der Waals surface area contributed by atoms with Crippen molar-refractivity contribution in [2.75, 3.05) is 19.6 Å². The maximum Gasteiger partial charge on any atom is 0.305 e. The Kier molecular flexibility index (Phi) is 3.78.